The quantitative estimate of drug-likeness (QED) is 0.838. The first-order valence-corrected chi connectivity index (χ1v) is 6.17. The predicted molar refractivity (Wildman–Crippen MR) is 70.1 cm³/mol. The Kier molecular flexibility index (Phi) is 3.48. The van der Waals surface area contributed by atoms with Crippen molar-refractivity contribution in [2.75, 3.05) is 18.4 Å². The topological polar surface area (TPSA) is 41.1 Å². The molecule has 1 aromatic rings. The van der Waals surface area contributed by atoms with E-state index in [1.165, 1.54) is 5.56 Å². The molecular formula is C14H20N2O. The number of benzene rings is 1. The molecule has 0 radical (unpaired) electrons. The number of anilines is 1. The molecule has 0 bridgehead atoms. The Hall–Kier alpha value is -1.35. The average Bonchev–Trinajstić information content (AvgIpc) is 2.22. The summed E-state index contributed by atoms with van der Waals surface area (Å²) in [6.07, 6.45) is 0. The van der Waals surface area contributed by atoms with E-state index in [4.69, 9.17) is 0 Å². The Labute approximate surface area is 103 Å². The molecule has 2 N–H and O–H groups in total. The zero-order valence-corrected chi connectivity index (χ0v) is 10.7. The van der Waals surface area contributed by atoms with E-state index in [1.807, 2.05) is 26.0 Å². The molecule has 1 aliphatic rings. The Bertz CT molecular complexity index is 424. The summed E-state index contributed by atoms with van der Waals surface area (Å²) < 4.78 is 0. The van der Waals surface area contributed by atoms with Crippen LogP contribution < -0.4 is 10.6 Å². The van der Waals surface area contributed by atoms with E-state index >= 15 is 0 Å². The molecule has 92 valence electrons. The Morgan fingerprint density at radius 1 is 1.41 bits per heavy atom. The maximum absolute atomic E-state index is 12.1. The molecule has 1 aromatic carbocycles. The van der Waals surface area contributed by atoms with Gasteiger partial charge in [-0.15, -0.1) is 0 Å². The second-order valence-electron chi connectivity index (χ2n) is 4.94. The Morgan fingerprint density at radius 2 is 2.12 bits per heavy atom. The zero-order valence-electron chi connectivity index (χ0n) is 10.7. The van der Waals surface area contributed by atoms with Crippen molar-refractivity contribution in [2.24, 2.45) is 11.8 Å². The van der Waals surface area contributed by atoms with Crippen molar-refractivity contribution in [1.82, 2.24) is 5.32 Å². The minimum absolute atomic E-state index is 0.0798. The molecule has 1 unspecified atom stereocenters. The molecule has 1 atom stereocenters. The van der Waals surface area contributed by atoms with E-state index in [0.717, 1.165) is 24.3 Å². The number of hydrogen-bond donors (Lipinski definition) is 2. The summed E-state index contributed by atoms with van der Waals surface area (Å²) >= 11 is 0. The second kappa shape index (κ2) is 4.88. The van der Waals surface area contributed by atoms with Gasteiger partial charge >= 0.3 is 0 Å². The van der Waals surface area contributed by atoms with Crippen LogP contribution in [0.4, 0.5) is 5.69 Å². The lowest BCUT2D eigenvalue weighted by Gasteiger charge is -2.31. The van der Waals surface area contributed by atoms with Crippen LogP contribution in [0.5, 0.6) is 0 Å². The first-order valence-electron chi connectivity index (χ1n) is 6.17. The minimum atomic E-state index is 0.0798. The van der Waals surface area contributed by atoms with Gasteiger partial charge in [0.2, 0.25) is 5.91 Å². The first kappa shape index (κ1) is 12.1. The number of carbonyl (C=O) groups is 1. The summed E-state index contributed by atoms with van der Waals surface area (Å²) in [5.41, 5.74) is 3.30. The lowest BCUT2D eigenvalue weighted by molar-refractivity contribution is -0.121. The van der Waals surface area contributed by atoms with Gasteiger partial charge in [-0.25, -0.2) is 0 Å². The molecule has 1 saturated heterocycles. The minimum Gasteiger partial charge on any atom is -0.326 e. The van der Waals surface area contributed by atoms with Crippen LogP contribution in [0, 0.1) is 25.7 Å². The van der Waals surface area contributed by atoms with Gasteiger partial charge in [-0.05, 0) is 50.0 Å². The summed E-state index contributed by atoms with van der Waals surface area (Å²) in [6.45, 7) is 8.03. The maximum atomic E-state index is 12.1. The van der Waals surface area contributed by atoms with Crippen molar-refractivity contribution in [3.8, 4) is 0 Å². The smallest absolute Gasteiger partial charge is 0.227 e. The van der Waals surface area contributed by atoms with Crippen molar-refractivity contribution in [1.29, 1.82) is 0 Å². The monoisotopic (exact) mass is 232 g/mol. The van der Waals surface area contributed by atoms with E-state index in [2.05, 4.69) is 23.6 Å². The fourth-order valence-corrected chi connectivity index (χ4v) is 2.01. The van der Waals surface area contributed by atoms with Crippen LogP contribution in [0.15, 0.2) is 18.2 Å². The summed E-state index contributed by atoms with van der Waals surface area (Å²) in [6, 6.07) is 6.00. The van der Waals surface area contributed by atoms with Crippen molar-refractivity contribution in [3.05, 3.63) is 29.3 Å². The van der Waals surface area contributed by atoms with Gasteiger partial charge in [0.1, 0.15) is 0 Å². The fraction of sp³-hybridized carbons (Fsp3) is 0.500. The van der Waals surface area contributed by atoms with Crippen LogP contribution in [0.2, 0.25) is 0 Å². The molecule has 0 aliphatic carbocycles. The van der Waals surface area contributed by atoms with Gasteiger partial charge in [0.15, 0.2) is 0 Å². The van der Waals surface area contributed by atoms with E-state index in [0.29, 0.717) is 5.92 Å². The van der Waals surface area contributed by atoms with E-state index in [9.17, 15) is 4.79 Å². The summed E-state index contributed by atoms with van der Waals surface area (Å²) in [5, 5.41) is 6.23. The number of amides is 1. The predicted octanol–water partition coefficient (Wildman–Crippen LogP) is 2.10. The molecule has 1 fully saturated rings. The third-order valence-electron chi connectivity index (χ3n) is 3.80. The fourth-order valence-electron chi connectivity index (χ4n) is 2.01. The molecule has 3 heteroatoms. The van der Waals surface area contributed by atoms with Crippen molar-refractivity contribution in [3.63, 3.8) is 0 Å². The third kappa shape index (κ3) is 2.50. The SMILES string of the molecule is Cc1cccc(NC(=O)C(C)C2CNC2)c1C. The number of aryl methyl sites for hydroxylation is 1. The van der Waals surface area contributed by atoms with Gasteiger partial charge in [0.25, 0.3) is 0 Å². The van der Waals surface area contributed by atoms with Crippen molar-refractivity contribution < 1.29 is 4.79 Å². The zero-order chi connectivity index (χ0) is 12.4. The highest BCUT2D eigenvalue weighted by Gasteiger charge is 2.28. The van der Waals surface area contributed by atoms with Gasteiger partial charge in [-0.3, -0.25) is 4.79 Å². The number of carbonyl (C=O) groups excluding carboxylic acids is 1. The average molecular weight is 232 g/mol. The largest absolute Gasteiger partial charge is 0.326 e. The first-order chi connectivity index (χ1) is 8.09. The molecule has 3 nitrogen and oxygen atoms in total. The Morgan fingerprint density at radius 3 is 2.71 bits per heavy atom. The molecule has 1 heterocycles. The van der Waals surface area contributed by atoms with Crippen LogP contribution >= 0.6 is 0 Å². The summed E-state index contributed by atoms with van der Waals surface area (Å²) in [5.74, 6) is 0.696. The normalized spacial score (nSPS) is 17.4. The highest BCUT2D eigenvalue weighted by molar-refractivity contribution is 5.93. The third-order valence-corrected chi connectivity index (χ3v) is 3.80. The van der Waals surface area contributed by atoms with Gasteiger partial charge < -0.3 is 10.6 Å². The molecule has 2 rings (SSSR count). The molecule has 0 aromatic heterocycles. The van der Waals surface area contributed by atoms with Gasteiger partial charge in [-0.1, -0.05) is 19.1 Å². The van der Waals surface area contributed by atoms with Crippen LogP contribution in [0.3, 0.4) is 0 Å². The molecular weight excluding hydrogens is 212 g/mol. The molecule has 0 saturated carbocycles. The van der Waals surface area contributed by atoms with Crippen molar-refractivity contribution >= 4 is 11.6 Å². The molecule has 1 amide bonds. The van der Waals surface area contributed by atoms with Crippen LogP contribution in [-0.2, 0) is 4.79 Å². The number of rotatable bonds is 3. The molecule has 1 aliphatic heterocycles. The van der Waals surface area contributed by atoms with Crippen LogP contribution in [0.1, 0.15) is 18.1 Å². The Balaban J connectivity index is 2.04. The lowest BCUT2D eigenvalue weighted by Crippen LogP contribution is -2.48. The standard InChI is InChI=1S/C14H20N2O/c1-9-5-4-6-13(10(9)2)16-14(17)11(3)12-7-15-8-12/h4-6,11-12,15H,7-8H2,1-3H3,(H,16,17). The summed E-state index contributed by atoms with van der Waals surface area (Å²) in [4.78, 5) is 12.1. The van der Waals surface area contributed by atoms with Crippen molar-refractivity contribution in [2.45, 2.75) is 20.8 Å². The van der Waals surface area contributed by atoms with Gasteiger partial charge in [-0.2, -0.15) is 0 Å². The number of hydrogen-bond acceptors (Lipinski definition) is 2. The van der Waals surface area contributed by atoms with Crippen LogP contribution in [0.25, 0.3) is 0 Å². The molecule has 0 spiro atoms. The lowest BCUT2D eigenvalue weighted by atomic mass is 9.88. The van der Waals surface area contributed by atoms with Gasteiger partial charge in [0.05, 0.1) is 0 Å². The second-order valence-corrected chi connectivity index (χ2v) is 4.94. The summed E-state index contributed by atoms with van der Waals surface area (Å²) in [7, 11) is 0. The highest BCUT2D eigenvalue weighted by atomic mass is 16.1. The van der Waals surface area contributed by atoms with E-state index in [-0.39, 0.29) is 11.8 Å². The maximum Gasteiger partial charge on any atom is 0.227 e. The molecule has 17 heavy (non-hydrogen) atoms. The van der Waals surface area contributed by atoms with Gasteiger partial charge in [0, 0.05) is 11.6 Å². The van der Waals surface area contributed by atoms with E-state index in [1.54, 1.807) is 0 Å². The van der Waals surface area contributed by atoms with Crippen LogP contribution in [-0.4, -0.2) is 19.0 Å². The highest BCUT2D eigenvalue weighted by Crippen LogP contribution is 2.21. The van der Waals surface area contributed by atoms with E-state index < -0.39 is 0 Å². The number of nitrogens with one attached hydrogen (secondary N) is 2.